The number of amides is 1. The minimum Gasteiger partial charge on any atom is -0.497 e. The maximum Gasteiger partial charge on any atom is 0.328 e. The van der Waals surface area contributed by atoms with Crippen LogP contribution in [0.25, 0.3) is 0 Å². The van der Waals surface area contributed by atoms with E-state index in [9.17, 15) is 9.59 Å². The molecule has 1 saturated heterocycles. The van der Waals surface area contributed by atoms with Crippen molar-refractivity contribution < 1.29 is 23.8 Å². The second-order valence-corrected chi connectivity index (χ2v) is 4.04. The Bertz CT molecular complexity index is 457. The molecule has 1 aliphatic heterocycles. The van der Waals surface area contributed by atoms with Gasteiger partial charge >= 0.3 is 5.97 Å². The van der Waals surface area contributed by atoms with E-state index >= 15 is 0 Å². The Morgan fingerprint density at radius 2 is 2.05 bits per heavy atom. The number of hydrogen-bond acceptors (Lipinski definition) is 5. The summed E-state index contributed by atoms with van der Waals surface area (Å²) in [6.07, 6.45) is 0.507. The van der Waals surface area contributed by atoms with Crippen molar-refractivity contribution in [1.82, 2.24) is 5.32 Å². The van der Waals surface area contributed by atoms with Crippen LogP contribution in [0.3, 0.4) is 0 Å². The molecule has 0 aromatic heterocycles. The summed E-state index contributed by atoms with van der Waals surface area (Å²) in [4.78, 5) is 22.7. The average molecular weight is 265 g/mol. The third kappa shape index (κ3) is 3.61. The molecule has 6 heteroatoms. The van der Waals surface area contributed by atoms with Crippen molar-refractivity contribution in [2.24, 2.45) is 0 Å². The highest BCUT2D eigenvalue weighted by atomic mass is 16.5. The van der Waals surface area contributed by atoms with E-state index in [1.807, 2.05) is 0 Å². The molecule has 1 amide bonds. The Morgan fingerprint density at radius 3 is 2.63 bits per heavy atom. The number of hydrogen-bond donors (Lipinski definition) is 1. The highest BCUT2D eigenvalue weighted by Crippen LogP contribution is 2.16. The molecular formula is C13H15NO5. The first-order valence-corrected chi connectivity index (χ1v) is 5.92. The maximum absolute atomic E-state index is 11.6. The summed E-state index contributed by atoms with van der Waals surface area (Å²) >= 11 is 0. The van der Waals surface area contributed by atoms with Gasteiger partial charge in [0.15, 0.2) is 6.61 Å². The van der Waals surface area contributed by atoms with Gasteiger partial charge in [0.1, 0.15) is 17.5 Å². The molecule has 2 rings (SSSR count). The molecule has 1 N–H and O–H groups in total. The number of carbonyl (C=O) groups excluding carboxylic acids is 2. The SMILES string of the molecule is COc1ccc(OCC(=O)N[C@H]2CCOC2=O)cc1. The predicted octanol–water partition coefficient (Wildman–Crippen LogP) is 0.506. The van der Waals surface area contributed by atoms with E-state index < -0.39 is 12.0 Å². The normalized spacial score (nSPS) is 17.7. The molecule has 102 valence electrons. The van der Waals surface area contributed by atoms with E-state index in [-0.39, 0.29) is 12.5 Å². The van der Waals surface area contributed by atoms with Gasteiger partial charge in [-0.05, 0) is 24.3 Å². The van der Waals surface area contributed by atoms with Gasteiger partial charge in [0.2, 0.25) is 0 Å². The van der Waals surface area contributed by atoms with E-state index in [2.05, 4.69) is 5.32 Å². The van der Waals surface area contributed by atoms with Gasteiger partial charge in [-0.2, -0.15) is 0 Å². The second-order valence-electron chi connectivity index (χ2n) is 4.04. The van der Waals surface area contributed by atoms with E-state index in [0.29, 0.717) is 24.5 Å². The molecule has 1 aromatic carbocycles. The van der Waals surface area contributed by atoms with Crippen LogP contribution in [0.2, 0.25) is 0 Å². The zero-order valence-corrected chi connectivity index (χ0v) is 10.5. The molecule has 0 spiro atoms. The van der Waals surface area contributed by atoms with Crippen LogP contribution in [0.5, 0.6) is 11.5 Å². The Morgan fingerprint density at radius 1 is 1.37 bits per heavy atom. The van der Waals surface area contributed by atoms with Crippen molar-refractivity contribution in [2.45, 2.75) is 12.5 Å². The van der Waals surface area contributed by atoms with E-state index in [1.165, 1.54) is 0 Å². The smallest absolute Gasteiger partial charge is 0.328 e. The van der Waals surface area contributed by atoms with Gasteiger partial charge in [-0.15, -0.1) is 0 Å². The lowest BCUT2D eigenvalue weighted by atomic mass is 10.2. The highest BCUT2D eigenvalue weighted by molar-refractivity contribution is 5.86. The van der Waals surface area contributed by atoms with E-state index in [4.69, 9.17) is 14.2 Å². The molecule has 0 saturated carbocycles. The van der Waals surface area contributed by atoms with Crippen LogP contribution in [-0.2, 0) is 14.3 Å². The van der Waals surface area contributed by atoms with Gasteiger partial charge in [-0.3, -0.25) is 4.79 Å². The highest BCUT2D eigenvalue weighted by Gasteiger charge is 2.27. The molecule has 1 atom stereocenters. The first kappa shape index (κ1) is 13.2. The molecule has 19 heavy (non-hydrogen) atoms. The van der Waals surface area contributed by atoms with Crippen molar-refractivity contribution in [3.8, 4) is 11.5 Å². The third-order valence-electron chi connectivity index (χ3n) is 2.70. The van der Waals surface area contributed by atoms with Gasteiger partial charge in [-0.1, -0.05) is 0 Å². The Labute approximate surface area is 110 Å². The first-order valence-electron chi connectivity index (χ1n) is 5.92. The predicted molar refractivity (Wildman–Crippen MR) is 66.0 cm³/mol. The van der Waals surface area contributed by atoms with Gasteiger partial charge in [-0.25, -0.2) is 4.79 Å². The van der Waals surface area contributed by atoms with Crippen molar-refractivity contribution in [3.05, 3.63) is 24.3 Å². The lowest BCUT2D eigenvalue weighted by Crippen LogP contribution is -2.40. The molecule has 1 aromatic rings. The first-order chi connectivity index (χ1) is 9.19. The minimum absolute atomic E-state index is 0.143. The average Bonchev–Trinajstić information content (AvgIpc) is 2.82. The van der Waals surface area contributed by atoms with Gasteiger partial charge in [0, 0.05) is 6.42 Å². The van der Waals surface area contributed by atoms with E-state index in [0.717, 1.165) is 0 Å². The molecule has 0 radical (unpaired) electrons. The van der Waals surface area contributed by atoms with Crippen molar-refractivity contribution in [1.29, 1.82) is 0 Å². The lowest BCUT2D eigenvalue weighted by molar-refractivity contribution is -0.141. The molecule has 1 heterocycles. The minimum atomic E-state index is -0.549. The summed E-state index contributed by atoms with van der Waals surface area (Å²) in [7, 11) is 1.57. The quantitative estimate of drug-likeness (QED) is 0.785. The number of methoxy groups -OCH3 is 1. The zero-order valence-electron chi connectivity index (χ0n) is 10.5. The van der Waals surface area contributed by atoms with Crippen LogP contribution in [-0.4, -0.2) is 38.2 Å². The summed E-state index contributed by atoms with van der Waals surface area (Å²) in [5, 5.41) is 2.56. The number of ether oxygens (including phenoxy) is 3. The summed E-state index contributed by atoms with van der Waals surface area (Å²) in [5.41, 5.74) is 0. The number of benzene rings is 1. The fourth-order valence-corrected chi connectivity index (χ4v) is 1.68. The van der Waals surface area contributed by atoms with Crippen LogP contribution in [0.1, 0.15) is 6.42 Å². The van der Waals surface area contributed by atoms with Crippen LogP contribution >= 0.6 is 0 Å². The molecular weight excluding hydrogens is 250 g/mol. The summed E-state index contributed by atoms with van der Waals surface area (Å²) in [6, 6.07) is 6.33. The molecule has 0 bridgehead atoms. The zero-order chi connectivity index (χ0) is 13.7. The molecule has 1 aliphatic rings. The summed E-state index contributed by atoms with van der Waals surface area (Å²) < 4.78 is 15.0. The number of carbonyl (C=O) groups is 2. The van der Waals surface area contributed by atoms with Crippen LogP contribution in [0, 0.1) is 0 Å². The molecule has 6 nitrogen and oxygen atoms in total. The number of nitrogens with one attached hydrogen (secondary N) is 1. The standard InChI is InChI=1S/C13H15NO5/c1-17-9-2-4-10(5-3-9)19-8-12(15)14-11-6-7-18-13(11)16/h2-5,11H,6-8H2,1H3,(H,14,15)/t11-/m0/s1. The van der Waals surface area contributed by atoms with Crippen molar-refractivity contribution in [3.63, 3.8) is 0 Å². The van der Waals surface area contributed by atoms with Crippen LogP contribution in [0.15, 0.2) is 24.3 Å². The van der Waals surface area contributed by atoms with Crippen LogP contribution < -0.4 is 14.8 Å². The second kappa shape index (κ2) is 6.08. The Hall–Kier alpha value is -2.24. The van der Waals surface area contributed by atoms with Gasteiger partial charge in [0.05, 0.1) is 13.7 Å². The Kier molecular flexibility index (Phi) is 4.22. The Balaban J connectivity index is 1.77. The third-order valence-corrected chi connectivity index (χ3v) is 2.70. The summed E-state index contributed by atoms with van der Waals surface area (Å²) in [6.45, 7) is 0.208. The molecule has 0 aliphatic carbocycles. The van der Waals surface area contributed by atoms with Gasteiger partial charge in [0.25, 0.3) is 5.91 Å². The maximum atomic E-state index is 11.6. The fourth-order valence-electron chi connectivity index (χ4n) is 1.68. The van der Waals surface area contributed by atoms with Gasteiger partial charge < -0.3 is 19.5 Å². The number of rotatable bonds is 5. The largest absolute Gasteiger partial charge is 0.497 e. The number of esters is 1. The van der Waals surface area contributed by atoms with Crippen LogP contribution in [0.4, 0.5) is 0 Å². The van der Waals surface area contributed by atoms with E-state index in [1.54, 1.807) is 31.4 Å². The summed E-state index contributed by atoms with van der Waals surface area (Å²) in [5.74, 6) is 0.535. The van der Waals surface area contributed by atoms with Crippen molar-refractivity contribution >= 4 is 11.9 Å². The molecule has 1 fully saturated rings. The monoisotopic (exact) mass is 265 g/mol. The lowest BCUT2D eigenvalue weighted by Gasteiger charge is -2.10. The topological polar surface area (TPSA) is 73.9 Å². The fraction of sp³-hybridized carbons (Fsp3) is 0.385. The van der Waals surface area contributed by atoms with Crippen molar-refractivity contribution in [2.75, 3.05) is 20.3 Å². The number of cyclic esters (lactones) is 1. The molecule has 0 unspecified atom stereocenters.